The number of urea groups is 1. The van der Waals surface area contributed by atoms with Crippen molar-refractivity contribution >= 4 is 17.8 Å². The largest absolute Gasteiger partial charge is 0.337 e. The molecule has 1 spiro atoms. The van der Waals surface area contributed by atoms with Gasteiger partial charge >= 0.3 is 6.03 Å². The number of amides is 4. The average Bonchev–Trinajstić information content (AvgIpc) is 2.83. The predicted octanol–water partition coefficient (Wildman–Crippen LogP) is -0.532. The lowest BCUT2D eigenvalue weighted by atomic mass is 9.87. The van der Waals surface area contributed by atoms with Gasteiger partial charge in [0.1, 0.15) is 11.2 Å². The summed E-state index contributed by atoms with van der Waals surface area (Å²) in [6.07, 6.45) is 1.45. The minimum atomic E-state index is -0.914. The third-order valence-electron chi connectivity index (χ3n) is 4.44. The number of nitrogens with zero attached hydrogens (tertiary/aromatic N) is 3. The van der Waals surface area contributed by atoms with Gasteiger partial charge in [-0.05, 0) is 25.3 Å². The summed E-state index contributed by atoms with van der Waals surface area (Å²) in [7, 11) is 0. The summed E-state index contributed by atoms with van der Waals surface area (Å²) >= 11 is 0. The third-order valence-corrected chi connectivity index (χ3v) is 4.44. The van der Waals surface area contributed by atoms with Crippen molar-refractivity contribution in [2.24, 2.45) is 0 Å². The van der Waals surface area contributed by atoms with Crippen LogP contribution >= 0.6 is 0 Å². The zero-order valence-electron chi connectivity index (χ0n) is 13.4. The Balaban J connectivity index is 1.72. The minimum Gasteiger partial charge on any atom is -0.337 e. The summed E-state index contributed by atoms with van der Waals surface area (Å²) < 4.78 is 1.28. The van der Waals surface area contributed by atoms with Gasteiger partial charge < -0.3 is 10.2 Å². The molecule has 0 atom stereocenters. The zero-order valence-corrected chi connectivity index (χ0v) is 13.4. The van der Waals surface area contributed by atoms with Gasteiger partial charge in [0.05, 0.1) is 0 Å². The molecule has 2 N–H and O–H groups in total. The van der Waals surface area contributed by atoms with Crippen LogP contribution in [0.5, 0.6) is 0 Å². The Bertz CT molecular complexity index is 748. The molecule has 0 bridgehead atoms. The molecule has 2 saturated heterocycles. The molecule has 2 fully saturated rings. The standard InChI is InChI=1S/C15H19N5O4/c1-2-7-20-11(21)4-3-10(18-20)12(22)19-8-5-15(6-9-19)13(23)16-14(24)17-15/h3-4H,2,5-9H2,1H3,(H2,16,17,23,24). The number of imide groups is 1. The lowest BCUT2D eigenvalue weighted by Gasteiger charge is -2.36. The molecule has 1 aromatic heterocycles. The number of aryl methyl sites for hydroxylation is 1. The van der Waals surface area contributed by atoms with Gasteiger partial charge in [-0.3, -0.25) is 19.7 Å². The first-order valence-electron chi connectivity index (χ1n) is 7.96. The number of carbonyl (C=O) groups is 3. The van der Waals surface area contributed by atoms with E-state index >= 15 is 0 Å². The maximum absolute atomic E-state index is 12.6. The summed E-state index contributed by atoms with van der Waals surface area (Å²) in [6, 6.07) is 2.27. The van der Waals surface area contributed by atoms with Crippen LogP contribution in [-0.4, -0.2) is 51.2 Å². The van der Waals surface area contributed by atoms with E-state index in [9.17, 15) is 19.2 Å². The van der Waals surface area contributed by atoms with E-state index in [1.54, 1.807) is 4.90 Å². The molecule has 3 heterocycles. The number of rotatable bonds is 3. The van der Waals surface area contributed by atoms with E-state index in [4.69, 9.17) is 0 Å². The lowest BCUT2D eigenvalue weighted by molar-refractivity contribution is -0.125. The van der Waals surface area contributed by atoms with Gasteiger partial charge in [-0.2, -0.15) is 5.10 Å². The van der Waals surface area contributed by atoms with Crippen molar-refractivity contribution in [3.8, 4) is 0 Å². The number of hydrogen-bond donors (Lipinski definition) is 2. The molecule has 3 rings (SSSR count). The highest BCUT2D eigenvalue weighted by molar-refractivity contribution is 6.07. The van der Waals surface area contributed by atoms with Gasteiger partial charge in [0, 0.05) is 25.7 Å². The normalized spacial score (nSPS) is 19.3. The van der Waals surface area contributed by atoms with E-state index < -0.39 is 11.6 Å². The molecule has 0 radical (unpaired) electrons. The third kappa shape index (κ3) is 2.77. The van der Waals surface area contributed by atoms with Gasteiger partial charge in [0.25, 0.3) is 17.4 Å². The summed E-state index contributed by atoms with van der Waals surface area (Å²) in [4.78, 5) is 49.1. The molecule has 0 unspecified atom stereocenters. The first-order valence-corrected chi connectivity index (χ1v) is 7.96. The van der Waals surface area contributed by atoms with Crippen LogP contribution in [0.4, 0.5) is 4.79 Å². The number of aromatic nitrogens is 2. The van der Waals surface area contributed by atoms with E-state index in [0.717, 1.165) is 6.42 Å². The van der Waals surface area contributed by atoms with Gasteiger partial charge in [-0.25, -0.2) is 9.48 Å². The monoisotopic (exact) mass is 333 g/mol. The van der Waals surface area contributed by atoms with Crippen LogP contribution in [0.15, 0.2) is 16.9 Å². The molecule has 128 valence electrons. The highest BCUT2D eigenvalue weighted by atomic mass is 16.2. The molecule has 0 saturated carbocycles. The Morgan fingerprint density at radius 3 is 2.54 bits per heavy atom. The highest BCUT2D eigenvalue weighted by Crippen LogP contribution is 2.26. The van der Waals surface area contributed by atoms with Crippen molar-refractivity contribution in [2.45, 2.75) is 38.3 Å². The fraction of sp³-hybridized carbons (Fsp3) is 0.533. The van der Waals surface area contributed by atoms with Crippen LogP contribution in [0.25, 0.3) is 0 Å². The number of hydrogen-bond acceptors (Lipinski definition) is 5. The number of nitrogens with one attached hydrogen (secondary N) is 2. The van der Waals surface area contributed by atoms with Crippen LogP contribution in [0.1, 0.15) is 36.7 Å². The van der Waals surface area contributed by atoms with Crippen molar-refractivity contribution in [1.29, 1.82) is 0 Å². The lowest BCUT2D eigenvalue weighted by Crippen LogP contribution is -2.55. The molecular formula is C15H19N5O4. The molecule has 4 amide bonds. The Hall–Kier alpha value is -2.71. The Labute approximate surface area is 138 Å². The van der Waals surface area contributed by atoms with E-state index in [1.807, 2.05) is 6.92 Å². The highest BCUT2D eigenvalue weighted by Gasteiger charge is 2.48. The number of likely N-dealkylation sites (tertiary alicyclic amines) is 1. The fourth-order valence-corrected chi connectivity index (χ4v) is 3.07. The topological polar surface area (TPSA) is 113 Å². The predicted molar refractivity (Wildman–Crippen MR) is 83.3 cm³/mol. The van der Waals surface area contributed by atoms with Crippen molar-refractivity contribution in [1.82, 2.24) is 25.3 Å². The Morgan fingerprint density at radius 2 is 1.96 bits per heavy atom. The summed E-state index contributed by atoms with van der Waals surface area (Å²) in [5.41, 5.74) is -0.947. The summed E-state index contributed by atoms with van der Waals surface area (Å²) in [6.45, 7) is 3.05. The van der Waals surface area contributed by atoms with E-state index in [1.165, 1.54) is 16.8 Å². The molecule has 1 aromatic rings. The van der Waals surface area contributed by atoms with Crippen LogP contribution in [0.2, 0.25) is 0 Å². The fourth-order valence-electron chi connectivity index (χ4n) is 3.07. The number of piperidine rings is 1. The summed E-state index contributed by atoms with van der Waals surface area (Å²) in [5.74, 6) is -0.617. The second-order valence-corrected chi connectivity index (χ2v) is 6.06. The van der Waals surface area contributed by atoms with Crippen molar-refractivity contribution in [3.05, 3.63) is 28.2 Å². The molecule has 9 nitrogen and oxygen atoms in total. The van der Waals surface area contributed by atoms with Crippen molar-refractivity contribution in [3.63, 3.8) is 0 Å². The molecule has 0 aliphatic carbocycles. The molecule has 2 aliphatic heterocycles. The first-order chi connectivity index (χ1) is 11.4. The molecular weight excluding hydrogens is 314 g/mol. The summed E-state index contributed by atoms with van der Waals surface area (Å²) in [5, 5.41) is 9.01. The van der Waals surface area contributed by atoms with Crippen LogP contribution in [0.3, 0.4) is 0 Å². The Morgan fingerprint density at radius 1 is 1.25 bits per heavy atom. The van der Waals surface area contributed by atoms with E-state index in [-0.39, 0.29) is 23.1 Å². The quantitative estimate of drug-likeness (QED) is 0.722. The second kappa shape index (κ2) is 6.06. The zero-order chi connectivity index (χ0) is 17.3. The van der Waals surface area contributed by atoms with Crippen molar-refractivity contribution < 1.29 is 14.4 Å². The van der Waals surface area contributed by atoms with Gasteiger partial charge in [-0.1, -0.05) is 6.92 Å². The van der Waals surface area contributed by atoms with Gasteiger partial charge in [-0.15, -0.1) is 0 Å². The molecule has 9 heteroatoms. The number of carbonyl (C=O) groups excluding carboxylic acids is 3. The van der Waals surface area contributed by atoms with Crippen molar-refractivity contribution in [2.75, 3.05) is 13.1 Å². The first kappa shape index (κ1) is 16.2. The smallest absolute Gasteiger partial charge is 0.322 e. The molecule has 2 aliphatic rings. The van der Waals surface area contributed by atoms with Crippen LogP contribution in [-0.2, 0) is 11.3 Å². The average molecular weight is 333 g/mol. The molecule has 0 aromatic carbocycles. The second-order valence-electron chi connectivity index (χ2n) is 6.06. The van der Waals surface area contributed by atoms with E-state index in [2.05, 4.69) is 15.7 Å². The van der Waals surface area contributed by atoms with Gasteiger partial charge in [0.2, 0.25) is 0 Å². The van der Waals surface area contributed by atoms with Gasteiger partial charge in [0.15, 0.2) is 0 Å². The van der Waals surface area contributed by atoms with Crippen LogP contribution in [0, 0.1) is 0 Å². The Kier molecular flexibility index (Phi) is 4.08. The minimum absolute atomic E-state index is 0.207. The maximum atomic E-state index is 12.6. The van der Waals surface area contributed by atoms with E-state index in [0.29, 0.717) is 32.5 Å². The van der Waals surface area contributed by atoms with Crippen LogP contribution < -0.4 is 16.2 Å². The molecule has 24 heavy (non-hydrogen) atoms. The maximum Gasteiger partial charge on any atom is 0.322 e. The SMILES string of the molecule is CCCn1nc(C(=O)N2CCC3(CC2)NC(=O)NC3=O)ccc1=O.